The molecule has 0 spiro atoms. The van der Waals surface area contributed by atoms with Gasteiger partial charge in [-0.2, -0.15) is 0 Å². The molecule has 6 fully saturated rings. The number of hydrogen-bond donors (Lipinski definition) is 4. The highest BCUT2D eigenvalue weighted by atomic mass is 32.2. The summed E-state index contributed by atoms with van der Waals surface area (Å²) >= 11 is 0. The summed E-state index contributed by atoms with van der Waals surface area (Å²) in [4.78, 5) is 72.1. The van der Waals surface area contributed by atoms with E-state index in [1.807, 2.05) is 13.8 Å². The molecule has 4 N–H and O–H groups in total. The quantitative estimate of drug-likeness (QED) is 0.195. The SMILES string of the molecule is CC[C@H]1C[C@]1(NC(=O)[C@@H]1[C@@H]2[C@H](CN1C(=O)[C@@H](NC(=O)NC1([C@H](C)S(=O)(=O)C(C)(C)C)CCCCC1)C1(C)CCCCC1)C2(C)C)C(=O)C(=O)NCC1CC1. The number of rotatable bonds is 13. The smallest absolute Gasteiger partial charge is 0.315 e. The molecule has 54 heavy (non-hydrogen) atoms. The van der Waals surface area contributed by atoms with Crippen molar-refractivity contribution in [2.45, 2.75) is 178 Å². The molecule has 1 saturated heterocycles. The third-order valence-electron chi connectivity index (χ3n) is 15.0. The van der Waals surface area contributed by atoms with Gasteiger partial charge >= 0.3 is 6.03 Å². The zero-order chi connectivity index (χ0) is 39.6. The number of sulfone groups is 1. The Morgan fingerprint density at radius 2 is 1.46 bits per heavy atom. The highest BCUT2D eigenvalue weighted by Crippen LogP contribution is 2.65. The van der Waals surface area contributed by atoms with Crippen molar-refractivity contribution in [3.05, 3.63) is 0 Å². The van der Waals surface area contributed by atoms with Gasteiger partial charge in [0, 0.05) is 13.1 Å². The molecule has 5 aliphatic carbocycles. The Kier molecular flexibility index (Phi) is 10.9. The fourth-order valence-corrected chi connectivity index (χ4v) is 12.6. The van der Waals surface area contributed by atoms with Crippen LogP contribution in [0, 0.1) is 34.5 Å². The van der Waals surface area contributed by atoms with Crippen molar-refractivity contribution in [2.75, 3.05) is 13.1 Å². The first-order valence-electron chi connectivity index (χ1n) is 20.9. The van der Waals surface area contributed by atoms with Gasteiger partial charge in [-0.3, -0.25) is 19.2 Å². The van der Waals surface area contributed by atoms with Crippen LogP contribution in [0.2, 0.25) is 0 Å². The van der Waals surface area contributed by atoms with Crippen LogP contribution in [0.3, 0.4) is 0 Å². The van der Waals surface area contributed by atoms with Crippen molar-refractivity contribution >= 4 is 39.4 Å². The van der Waals surface area contributed by atoms with Crippen molar-refractivity contribution in [1.82, 2.24) is 26.2 Å². The van der Waals surface area contributed by atoms with Gasteiger partial charge in [0.1, 0.15) is 17.6 Å². The number of fused-ring (bicyclic) bond motifs is 1. The Morgan fingerprint density at radius 1 is 0.870 bits per heavy atom. The molecular formula is C41H67N5O7S. The molecule has 1 heterocycles. The monoisotopic (exact) mass is 773 g/mol. The van der Waals surface area contributed by atoms with Gasteiger partial charge in [-0.05, 0) is 107 Å². The van der Waals surface area contributed by atoms with Crippen LogP contribution in [0.25, 0.3) is 0 Å². The van der Waals surface area contributed by atoms with Gasteiger partial charge < -0.3 is 26.2 Å². The van der Waals surface area contributed by atoms with E-state index in [0.717, 1.165) is 64.2 Å². The largest absolute Gasteiger partial charge is 0.349 e. The lowest BCUT2D eigenvalue weighted by atomic mass is 9.70. The molecule has 0 radical (unpaired) electrons. The van der Waals surface area contributed by atoms with Crippen molar-refractivity contribution < 1.29 is 32.4 Å². The Balaban J connectivity index is 1.25. The van der Waals surface area contributed by atoms with E-state index in [4.69, 9.17) is 0 Å². The Bertz CT molecular complexity index is 1620. The number of Topliss-reactive ketones (excluding diaryl/α,β-unsaturated/α-hetero) is 1. The van der Waals surface area contributed by atoms with Gasteiger partial charge in [0.2, 0.25) is 17.6 Å². The summed E-state index contributed by atoms with van der Waals surface area (Å²) in [7, 11) is -3.64. The van der Waals surface area contributed by atoms with Crippen LogP contribution in [0.5, 0.6) is 0 Å². The summed E-state index contributed by atoms with van der Waals surface area (Å²) in [5.41, 5.74) is -3.04. The van der Waals surface area contributed by atoms with Crippen molar-refractivity contribution in [3.8, 4) is 0 Å². The molecule has 13 heteroatoms. The van der Waals surface area contributed by atoms with Gasteiger partial charge in [0.05, 0.1) is 15.5 Å². The number of urea groups is 1. The van der Waals surface area contributed by atoms with E-state index in [-0.39, 0.29) is 29.1 Å². The lowest BCUT2D eigenvalue weighted by Crippen LogP contribution is -2.66. The molecule has 12 nitrogen and oxygen atoms in total. The number of likely N-dealkylation sites (tertiary alicyclic amines) is 1. The Labute approximate surface area is 323 Å². The molecule has 0 aromatic rings. The van der Waals surface area contributed by atoms with E-state index in [1.54, 1.807) is 32.6 Å². The number of piperidine rings is 1. The average Bonchev–Trinajstić information content (AvgIpc) is 4.07. The molecule has 7 atom stereocenters. The zero-order valence-corrected chi connectivity index (χ0v) is 34.9. The Morgan fingerprint density at radius 3 is 2.00 bits per heavy atom. The standard InChI is InChI=1S/C41H67N5O7S/c1-9-27-22-41(27,32(47)34(49)42-23-26-16-17-26)44-33(48)30-29-28(38(29,6)7)24-46(30)35(50)31(39(8)18-12-10-13-19-39)43-36(51)45-40(20-14-11-15-21-40)25(2)54(52,53)37(3,4)5/h25-31H,9-24H2,1-8H3,(H,42,49)(H,44,48)(H2,43,45,51)/t25-,27-,28-,29-,30-,31+,41+/m0/s1. The topological polar surface area (TPSA) is 171 Å². The van der Waals surface area contributed by atoms with Crippen molar-refractivity contribution in [2.24, 2.45) is 34.5 Å². The molecule has 5 saturated carbocycles. The van der Waals surface area contributed by atoms with E-state index in [1.165, 1.54) is 0 Å². The maximum Gasteiger partial charge on any atom is 0.315 e. The molecule has 304 valence electrons. The number of ketones is 1. The number of nitrogens with one attached hydrogen (secondary N) is 4. The van der Waals surface area contributed by atoms with Crippen LogP contribution in [-0.4, -0.2) is 89.1 Å². The van der Waals surface area contributed by atoms with Gasteiger partial charge in [-0.15, -0.1) is 0 Å². The predicted molar refractivity (Wildman–Crippen MR) is 207 cm³/mol. The summed E-state index contributed by atoms with van der Waals surface area (Å²) in [5.74, 6) is -1.82. The van der Waals surface area contributed by atoms with Crippen LogP contribution in [0.15, 0.2) is 0 Å². The van der Waals surface area contributed by atoms with Crippen molar-refractivity contribution in [3.63, 3.8) is 0 Å². The highest BCUT2D eigenvalue weighted by molar-refractivity contribution is 7.93. The summed E-state index contributed by atoms with van der Waals surface area (Å²) in [6.45, 7) is 15.8. The molecule has 1 aliphatic heterocycles. The van der Waals surface area contributed by atoms with Crippen LogP contribution >= 0.6 is 0 Å². The minimum absolute atomic E-state index is 0.0782. The van der Waals surface area contributed by atoms with Crippen LogP contribution < -0.4 is 21.3 Å². The molecule has 0 aromatic heterocycles. The average molecular weight is 774 g/mol. The van der Waals surface area contributed by atoms with Gasteiger partial charge in [0.25, 0.3) is 5.91 Å². The van der Waals surface area contributed by atoms with Gasteiger partial charge in [0.15, 0.2) is 9.84 Å². The lowest BCUT2D eigenvalue weighted by molar-refractivity contribution is -0.146. The number of amides is 5. The zero-order valence-electron chi connectivity index (χ0n) is 34.1. The van der Waals surface area contributed by atoms with Crippen LogP contribution in [0.4, 0.5) is 4.79 Å². The molecule has 0 bridgehead atoms. The minimum atomic E-state index is -3.64. The molecule has 0 unspecified atom stereocenters. The Hall–Kier alpha value is -2.70. The first kappa shape index (κ1) is 40.9. The second-order valence-corrected chi connectivity index (χ2v) is 22.9. The molecule has 6 rings (SSSR count). The van der Waals surface area contributed by atoms with Crippen LogP contribution in [-0.2, 0) is 29.0 Å². The van der Waals surface area contributed by atoms with Gasteiger partial charge in [-0.1, -0.05) is 72.6 Å². The number of carbonyl (C=O) groups is 5. The van der Waals surface area contributed by atoms with Crippen molar-refractivity contribution in [1.29, 1.82) is 0 Å². The minimum Gasteiger partial charge on any atom is -0.349 e. The fraction of sp³-hybridized carbons (Fsp3) is 0.878. The summed E-state index contributed by atoms with van der Waals surface area (Å²) in [6, 6.07) is -2.36. The lowest BCUT2D eigenvalue weighted by Gasteiger charge is -2.46. The second-order valence-electron chi connectivity index (χ2n) is 19.9. The summed E-state index contributed by atoms with van der Waals surface area (Å²) < 4.78 is 26.6. The fourth-order valence-electron chi connectivity index (χ4n) is 10.6. The summed E-state index contributed by atoms with van der Waals surface area (Å²) in [6.07, 6.45) is 11.0. The maximum absolute atomic E-state index is 15.0. The van der Waals surface area contributed by atoms with E-state index in [0.29, 0.717) is 44.7 Å². The predicted octanol–water partition coefficient (Wildman–Crippen LogP) is 4.79. The number of nitrogens with zero attached hydrogens (tertiary/aromatic N) is 1. The number of carbonyl (C=O) groups excluding carboxylic acids is 5. The van der Waals surface area contributed by atoms with Crippen LogP contribution in [0.1, 0.15) is 145 Å². The number of hydrogen-bond acceptors (Lipinski definition) is 7. The highest BCUT2D eigenvalue weighted by Gasteiger charge is 2.71. The van der Waals surface area contributed by atoms with E-state index >= 15 is 4.79 Å². The second kappa shape index (κ2) is 14.4. The molecule has 5 amide bonds. The normalized spacial score (nSPS) is 32.0. The molecule has 6 aliphatic rings. The maximum atomic E-state index is 15.0. The van der Waals surface area contributed by atoms with E-state index in [9.17, 15) is 27.6 Å². The molecule has 0 aromatic carbocycles. The molecular weight excluding hydrogens is 707 g/mol. The van der Waals surface area contributed by atoms with E-state index in [2.05, 4.69) is 35.1 Å². The van der Waals surface area contributed by atoms with Gasteiger partial charge in [-0.25, -0.2) is 13.2 Å². The van der Waals surface area contributed by atoms with E-state index < -0.39 is 72.0 Å². The first-order chi connectivity index (χ1) is 25.1. The summed E-state index contributed by atoms with van der Waals surface area (Å²) in [5, 5.41) is 11.2. The third-order valence-corrected chi connectivity index (χ3v) is 18.1. The third kappa shape index (κ3) is 7.33. The first-order valence-corrected chi connectivity index (χ1v) is 22.5.